The van der Waals surface area contributed by atoms with Crippen molar-refractivity contribution >= 4 is 31.3 Å². The monoisotopic (exact) mass is 350 g/mol. The molecule has 0 bridgehead atoms. The molecule has 0 N–H and O–H groups in total. The topological polar surface area (TPSA) is 43.4 Å². The molecule has 0 aromatic heterocycles. The maximum atomic E-state index is 11.4. The lowest BCUT2D eigenvalue weighted by Crippen LogP contribution is -2.32. The number of benzene rings is 1. The molecule has 6 heteroatoms. The molecule has 1 saturated carbocycles. The number of rotatable bonds is 6. The van der Waals surface area contributed by atoms with E-state index in [4.69, 9.17) is 27.0 Å². The first-order valence-corrected chi connectivity index (χ1v) is 10.0. The molecule has 2 rings (SSSR count). The molecule has 0 unspecified atom stereocenters. The molecule has 0 saturated heterocycles. The third kappa shape index (κ3) is 4.76. The molecule has 0 aliphatic heterocycles. The normalized spacial score (nSPS) is 17.9. The number of hydrogen-bond donors (Lipinski definition) is 0. The first-order chi connectivity index (χ1) is 9.84. The highest BCUT2D eigenvalue weighted by atomic mass is 35.7. The Hall–Kier alpha value is -0.450. The van der Waals surface area contributed by atoms with Gasteiger partial charge in [-0.25, -0.2) is 8.42 Å². The predicted molar refractivity (Wildman–Crippen MR) is 86.9 cm³/mol. The van der Waals surface area contributed by atoms with Crippen LogP contribution in [0.5, 0.6) is 5.75 Å². The van der Waals surface area contributed by atoms with E-state index >= 15 is 0 Å². The highest BCUT2D eigenvalue weighted by molar-refractivity contribution is 8.13. The summed E-state index contributed by atoms with van der Waals surface area (Å²) in [5.74, 6) is 0.713. The van der Waals surface area contributed by atoms with E-state index in [9.17, 15) is 8.42 Å². The van der Waals surface area contributed by atoms with Crippen LogP contribution in [0.3, 0.4) is 0 Å². The van der Waals surface area contributed by atoms with Crippen LogP contribution in [0.2, 0.25) is 5.02 Å². The Balaban J connectivity index is 2.09. The lowest BCUT2D eigenvalue weighted by Gasteiger charge is -2.27. The number of ether oxygens (including phenoxy) is 1. The molecular weight excluding hydrogens is 331 g/mol. The van der Waals surface area contributed by atoms with Crippen molar-refractivity contribution in [3.8, 4) is 5.75 Å². The Morgan fingerprint density at radius 3 is 2.52 bits per heavy atom. The standard InChI is InChI=1S/C15H20Cl2O3S/c1-2-12-9-13(5-6-14(12)16)20-10-15(7-3-4-8-15)11-21(17,18)19/h5-6,9H,2-4,7-8,10-11H2,1H3. The van der Waals surface area contributed by atoms with E-state index in [1.54, 1.807) is 0 Å². The second-order valence-electron chi connectivity index (χ2n) is 5.79. The van der Waals surface area contributed by atoms with Crippen LogP contribution in [0.15, 0.2) is 18.2 Å². The molecule has 0 spiro atoms. The summed E-state index contributed by atoms with van der Waals surface area (Å²) in [6, 6.07) is 5.55. The average Bonchev–Trinajstić information content (AvgIpc) is 2.84. The zero-order valence-electron chi connectivity index (χ0n) is 12.1. The molecular formula is C15H20Cl2O3S. The van der Waals surface area contributed by atoms with Gasteiger partial charge in [0, 0.05) is 21.1 Å². The summed E-state index contributed by atoms with van der Waals surface area (Å²) in [5, 5.41) is 0.726. The fraction of sp³-hybridized carbons (Fsp3) is 0.600. The highest BCUT2D eigenvalue weighted by Crippen LogP contribution is 2.40. The van der Waals surface area contributed by atoms with E-state index in [0.29, 0.717) is 6.61 Å². The van der Waals surface area contributed by atoms with E-state index in [2.05, 4.69) is 0 Å². The Morgan fingerprint density at radius 2 is 1.95 bits per heavy atom. The zero-order valence-corrected chi connectivity index (χ0v) is 14.4. The first-order valence-electron chi connectivity index (χ1n) is 7.17. The van der Waals surface area contributed by atoms with E-state index in [1.807, 2.05) is 25.1 Å². The Bertz CT molecular complexity index is 593. The van der Waals surface area contributed by atoms with Crippen LogP contribution >= 0.6 is 22.3 Å². The summed E-state index contributed by atoms with van der Waals surface area (Å²) in [4.78, 5) is 0. The summed E-state index contributed by atoms with van der Waals surface area (Å²) in [6.07, 6.45) is 4.56. The van der Waals surface area contributed by atoms with Crippen LogP contribution in [0.4, 0.5) is 0 Å². The maximum Gasteiger partial charge on any atom is 0.233 e. The van der Waals surface area contributed by atoms with Crippen molar-refractivity contribution in [3.05, 3.63) is 28.8 Å². The van der Waals surface area contributed by atoms with Crippen molar-refractivity contribution < 1.29 is 13.2 Å². The Labute approximate surface area is 136 Å². The Morgan fingerprint density at radius 1 is 1.29 bits per heavy atom. The Kier molecular flexibility index (Phi) is 5.44. The van der Waals surface area contributed by atoms with Gasteiger partial charge in [0.15, 0.2) is 0 Å². The summed E-state index contributed by atoms with van der Waals surface area (Å²) < 4.78 is 28.7. The largest absolute Gasteiger partial charge is 0.493 e. The average molecular weight is 351 g/mol. The van der Waals surface area contributed by atoms with E-state index < -0.39 is 9.05 Å². The molecule has 0 atom stereocenters. The van der Waals surface area contributed by atoms with Gasteiger partial charge in [-0.3, -0.25) is 0 Å². The second kappa shape index (κ2) is 6.76. The van der Waals surface area contributed by atoms with E-state index in [1.165, 1.54) is 0 Å². The minimum atomic E-state index is -3.52. The molecule has 1 fully saturated rings. The van der Waals surface area contributed by atoms with Crippen LogP contribution in [0.1, 0.15) is 38.2 Å². The van der Waals surface area contributed by atoms with Crippen LogP contribution in [-0.4, -0.2) is 20.8 Å². The molecule has 1 aliphatic carbocycles. The summed E-state index contributed by atoms with van der Waals surface area (Å²) in [6.45, 7) is 2.41. The minimum Gasteiger partial charge on any atom is -0.493 e. The predicted octanol–water partition coefficient (Wildman–Crippen LogP) is 4.41. The van der Waals surface area contributed by atoms with Gasteiger partial charge in [0.2, 0.25) is 9.05 Å². The molecule has 1 aromatic rings. The van der Waals surface area contributed by atoms with E-state index in [0.717, 1.165) is 48.4 Å². The molecule has 118 valence electrons. The van der Waals surface area contributed by atoms with Gasteiger partial charge in [-0.1, -0.05) is 31.4 Å². The smallest absolute Gasteiger partial charge is 0.233 e. The number of hydrogen-bond acceptors (Lipinski definition) is 3. The van der Waals surface area contributed by atoms with Gasteiger partial charge in [-0.15, -0.1) is 0 Å². The highest BCUT2D eigenvalue weighted by Gasteiger charge is 2.38. The minimum absolute atomic E-state index is 0.0181. The van der Waals surface area contributed by atoms with Crippen molar-refractivity contribution in [2.45, 2.75) is 39.0 Å². The van der Waals surface area contributed by atoms with Gasteiger partial charge in [0.05, 0.1) is 12.4 Å². The van der Waals surface area contributed by atoms with E-state index in [-0.39, 0.29) is 11.2 Å². The van der Waals surface area contributed by atoms with Crippen LogP contribution in [0.25, 0.3) is 0 Å². The second-order valence-corrected chi connectivity index (χ2v) is 8.97. The van der Waals surface area contributed by atoms with Crippen molar-refractivity contribution in [2.75, 3.05) is 12.4 Å². The van der Waals surface area contributed by atoms with Gasteiger partial charge in [-0.05, 0) is 43.0 Å². The zero-order chi connectivity index (χ0) is 15.5. The van der Waals surface area contributed by atoms with Crippen LogP contribution < -0.4 is 4.74 Å². The van der Waals surface area contributed by atoms with Gasteiger partial charge in [-0.2, -0.15) is 0 Å². The van der Waals surface area contributed by atoms with Gasteiger partial charge in [0.25, 0.3) is 0 Å². The number of aryl methyl sites for hydroxylation is 1. The quantitative estimate of drug-likeness (QED) is 0.713. The first kappa shape index (κ1) is 16.9. The molecule has 21 heavy (non-hydrogen) atoms. The molecule has 1 aromatic carbocycles. The lowest BCUT2D eigenvalue weighted by molar-refractivity contribution is 0.171. The fourth-order valence-electron chi connectivity index (χ4n) is 2.97. The van der Waals surface area contributed by atoms with Gasteiger partial charge >= 0.3 is 0 Å². The third-order valence-electron chi connectivity index (χ3n) is 4.09. The summed E-state index contributed by atoms with van der Waals surface area (Å²) in [7, 11) is 1.93. The molecule has 0 radical (unpaired) electrons. The SMILES string of the molecule is CCc1cc(OCC2(CS(=O)(=O)Cl)CCCC2)ccc1Cl. The van der Waals surface area contributed by atoms with Crippen molar-refractivity contribution in [3.63, 3.8) is 0 Å². The lowest BCUT2D eigenvalue weighted by atomic mass is 9.90. The molecule has 0 heterocycles. The van der Waals surface area contributed by atoms with Crippen molar-refractivity contribution in [1.82, 2.24) is 0 Å². The van der Waals surface area contributed by atoms with Crippen LogP contribution in [-0.2, 0) is 15.5 Å². The molecule has 3 nitrogen and oxygen atoms in total. The molecule has 0 amide bonds. The van der Waals surface area contributed by atoms with Gasteiger partial charge < -0.3 is 4.74 Å². The van der Waals surface area contributed by atoms with Crippen LogP contribution in [0, 0.1) is 5.41 Å². The van der Waals surface area contributed by atoms with Crippen molar-refractivity contribution in [1.29, 1.82) is 0 Å². The van der Waals surface area contributed by atoms with Crippen molar-refractivity contribution in [2.24, 2.45) is 5.41 Å². The summed E-state index contributed by atoms with van der Waals surface area (Å²) >= 11 is 6.09. The fourth-order valence-corrected chi connectivity index (χ4v) is 5.02. The summed E-state index contributed by atoms with van der Waals surface area (Å²) in [5.41, 5.74) is 0.673. The maximum absolute atomic E-state index is 11.4. The van der Waals surface area contributed by atoms with Gasteiger partial charge in [0.1, 0.15) is 5.75 Å². The molecule has 1 aliphatic rings. The number of halogens is 2. The third-order valence-corrected chi connectivity index (χ3v) is 5.74.